The molecule has 0 saturated heterocycles. The van der Waals surface area contributed by atoms with Gasteiger partial charge >= 0.3 is 6.09 Å². The molecule has 1 aromatic rings. The fourth-order valence-corrected chi connectivity index (χ4v) is 1.66. The third-order valence-electron chi connectivity index (χ3n) is 2.39. The second-order valence-corrected chi connectivity index (χ2v) is 5.73. The van der Waals surface area contributed by atoms with Crippen molar-refractivity contribution in [1.29, 1.82) is 0 Å². The molecule has 1 amide bonds. The molecule has 0 fully saturated rings. The van der Waals surface area contributed by atoms with E-state index in [1.165, 1.54) is 0 Å². The highest BCUT2D eigenvalue weighted by Crippen LogP contribution is 2.07. The molecular weight excluding hydrogens is 266 g/mol. The van der Waals surface area contributed by atoms with Crippen molar-refractivity contribution in [3.63, 3.8) is 0 Å². The van der Waals surface area contributed by atoms with Gasteiger partial charge < -0.3 is 10.1 Å². The number of aryl methyl sites for hydroxylation is 1. The molecule has 4 nitrogen and oxygen atoms in total. The lowest BCUT2D eigenvalue weighted by Crippen LogP contribution is -2.32. The molecular formula is C17H21NO3. The quantitative estimate of drug-likeness (QED) is 0.528. The van der Waals surface area contributed by atoms with Gasteiger partial charge in [-0.15, -0.1) is 0 Å². The summed E-state index contributed by atoms with van der Waals surface area (Å²) < 4.78 is 5.11. The normalized spacial score (nSPS) is 10.3. The topological polar surface area (TPSA) is 55.4 Å². The summed E-state index contributed by atoms with van der Waals surface area (Å²) in [6, 6.07) is 5.47. The first-order valence-corrected chi connectivity index (χ1v) is 6.83. The van der Waals surface area contributed by atoms with E-state index in [0.29, 0.717) is 18.5 Å². The Balaban J connectivity index is 2.45. The van der Waals surface area contributed by atoms with E-state index in [-0.39, 0.29) is 0 Å². The Hall–Kier alpha value is -2.28. The number of aldehydes is 1. The number of alkyl carbamates (subject to hydrolysis) is 1. The second kappa shape index (κ2) is 7.49. The third-order valence-corrected chi connectivity index (χ3v) is 2.39. The monoisotopic (exact) mass is 287 g/mol. The number of nitrogens with one attached hydrogen (secondary N) is 1. The van der Waals surface area contributed by atoms with Crippen LogP contribution in [0.2, 0.25) is 0 Å². The van der Waals surface area contributed by atoms with E-state index in [0.717, 1.165) is 17.4 Å². The fraction of sp³-hybridized carbons (Fsp3) is 0.412. The lowest BCUT2D eigenvalue weighted by molar-refractivity contribution is 0.0529. The number of carbonyl (C=O) groups excluding carboxylic acids is 2. The Labute approximate surface area is 125 Å². The number of hydrogen-bond donors (Lipinski definition) is 1. The summed E-state index contributed by atoms with van der Waals surface area (Å²) >= 11 is 0. The van der Waals surface area contributed by atoms with Crippen molar-refractivity contribution < 1.29 is 14.3 Å². The summed E-state index contributed by atoms with van der Waals surface area (Å²) in [7, 11) is 0. The first-order valence-electron chi connectivity index (χ1n) is 6.83. The highest BCUT2D eigenvalue weighted by molar-refractivity contribution is 5.76. The molecule has 1 aromatic carbocycles. The van der Waals surface area contributed by atoms with Crippen LogP contribution in [-0.4, -0.2) is 24.5 Å². The highest BCUT2D eigenvalue weighted by Gasteiger charge is 2.15. The molecule has 0 spiro atoms. The smallest absolute Gasteiger partial charge is 0.407 e. The summed E-state index contributed by atoms with van der Waals surface area (Å²) in [6.07, 6.45) is 0.884. The second-order valence-electron chi connectivity index (χ2n) is 5.73. The molecule has 0 aliphatic rings. The van der Waals surface area contributed by atoms with Crippen LogP contribution in [-0.2, 0) is 4.74 Å². The van der Waals surface area contributed by atoms with E-state index >= 15 is 0 Å². The first kappa shape index (κ1) is 16.8. The average molecular weight is 287 g/mol. The van der Waals surface area contributed by atoms with E-state index in [1.54, 1.807) is 6.07 Å². The zero-order valence-corrected chi connectivity index (χ0v) is 12.9. The molecule has 1 rings (SSSR count). The molecule has 0 saturated carbocycles. The van der Waals surface area contributed by atoms with E-state index < -0.39 is 11.7 Å². The maximum atomic E-state index is 11.4. The van der Waals surface area contributed by atoms with Crippen molar-refractivity contribution >= 4 is 12.4 Å². The van der Waals surface area contributed by atoms with Gasteiger partial charge in [0.1, 0.15) is 11.9 Å². The average Bonchev–Trinajstić information content (AvgIpc) is 2.35. The fourth-order valence-electron chi connectivity index (χ4n) is 1.66. The molecule has 0 radical (unpaired) electrons. The van der Waals surface area contributed by atoms with Gasteiger partial charge in [0, 0.05) is 24.1 Å². The Kier molecular flexibility index (Phi) is 5.98. The number of carbonyl (C=O) groups is 2. The van der Waals surface area contributed by atoms with Gasteiger partial charge in [-0.1, -0.05) is 11.8 Å². The van der Waals surface area contributed by atoms with Gasteiger partial charge in [0.05, 0.1) is 0 Å². The van der Waals surface area contributed by atoms with Gasteiger partial charge in [-0.05, 0) is 51.5 Å². The van der Waals surface area contributed by atoms with Gasteiger partial charge in [-0.2, -0.15) is 0 Å². The van der Waals surface area contributed by atoms with Crippen LogP contribution in [0.25, 0.3) is 0 Å². The molecule has 0 aliphatic carbocycles. The summed E-state index contributed by atoms with van der Waals surface area (Å²) in [5, 5.41) is 2.64. The zero-order chi connectivity index (χ0) is 15.9. The molecule has 1 N–H and O–H groups in total. The molecule has 4 heteroatoms. The van der Waals surface area contributed by atoms with Crippen LogP contribution in [0.4, 0.5) is 4.79 Å². The predicted molar refractivity (Wildman–Crippen MR) is 82.3 cm³/mol. The number of ether oxygens (including phenoxy) is 1. The van der Waals surface area contributed by atoms with Gasteiger partial charge in [0.2, 0.25) is 0 Å². The van der Waals surface area contributed by atoms with Crippen LogP contribution in [0.3, 0.4) is 0 Å². The van der Waals surface area contributed by atoms with Crippen molar-refractivity contribution in [2.45, 2.75) is 39.7 Å². The largest absolute Gasteiger partial charge is 0.444 e. The van der Waals surface area contributed by atoms with Crippen molar-refractivity contribution in [3.05, 3.63) is 34.9 Å². The standard InChI is InChI=1S/C17H21NO3/c1-13-9-14(11-15(10-13)12-19)7-5-6-8-18-16(20)21-17(2,3)4/h9-12H,6,8H2,1-4H3,(H,18,20). The summed E-state index contributed by atoms with van der Waals surface area (Å²) in [6.45, 7) is 7.79. The van der Waals surface area contributed by atoms with Crippen molar-refractivity contribution in [2.75, 3.05) is 6.54 Å². The molecule has 0 bridgehead atoms. The molecule has 0 heterocycles. The minimum atomic E-state index is -0.497. The maximum absolute atomic E-state index is 11.4. The lowest BCUT2D eigenvalue weighted by Gasteiger charge is -2.19. The van der Waals surface area contributed by atoms with Crippen molar-refractivity contribution in [2.24, 2.45) is 0 Å². The predicted octanol–water partition coefficient (Wildman–Crippen LogP) is 3.07. The van der Waals surface area contributed by atoms with Crippen molar-refractivity contribution in [1.82, 2.24) is 5.32 Å². The summed E-state index contributed by atoms with van der Waals surface area (Å²) in [5.74, 6) is 5.94. The Morgan fingerprint density at radius 3 is 2.67 bits per heavy atom. The Bertz CT molecular complexity index is 574. The van der Waals surface area contributed by atoms with Crippen LogP contribution >= 0.6 is 0 Å². The number of benzene rings is 1. The number of hydrogen-bond acceptors (Lipinski definition) is 3. The van der Waals surface area contributed by atoms with E-state index in [9.17, 15) is 9.59 Å². The van der Waals surface area contributed by atoms with Gasteiger partial charge in [0.15, 0.2) is 0 Å². The van der Waals surface area contributed by atoms with Gasteiger partial charge in [0.25, 0.3) is 0 Å². The van der Waals surface area contributed by atoms with E-state index in [1.807, 2.05) is 39.8 Å². The van der Waals surface area contributed by atoms with Crippen LogP contribution in [0, 0.1) is 18.8 Å². The molecule has 112 valence electrons. The minimum Gasteiger partial charge on any atom is -0.444 e. The van der Waals surface area contributed by atoms with Gasteiger partial charge in [-0.3, -0.25) is 4.79 Å². The Morgan fingerprint density at radius 1 is 1.33 bits per heavy atom. The Morgan fingerprint density at radius 2 is 2.05 bits per heavy atom. The number of amides is 1. The first-order chi connectivity index (χ1) is 9.80. The van der Waals surface area contributed by atoms with Crippen LogP contribution < -0.4 is 5.32 Å². The number of rotatable bonds is 3. The third kappa shape index (κ3) is 7.17. The highest BCUT2D eigenvalue weighted by atomic mass is 16.6. The summed E-state index contributed by atoms with van der Waals surface area (Å²) in [5.41, 5.74) is 1.92. The van der Waals surface area contributed by atoms with E-state index in [4.69, 9.17) is 4.74 Å². The molecule has 0 aliphatic heterocycles. The molecule has 21 heavy (non-hydrogen) atoms. The molecule has 0 atom stereocenters. The summed E-state index contributed by atoms with van der Waals surface area (Å²) in [4.78, 5) is 22.2. The zero-order valence-electron chi connectivity index (χ0n) is 12.9. The van der Waals surface area contributed by atoms with E-state index in [2.05, 4.69) is 17.2 Å². The van der Waals surface area contributed by atoms with Gasteiger partial charge in [-0.25, -0.2) is 4.79 Å². The molecule has 0 unspecified atom stereocenters. The SMILES string of the molecule is Cc1cc(C#CCCNC(=O)OC(C)(C)C)cc(C=O)c1. The van der Waals surface area contributed by atoms with Crippen molar-refractivity contribution in [3.8, 4) is 11.8 Å². The van der Waals surface area contributed by atoms with Crippen LogP contribution in [0.5, 0.6) is 0 Å². The lowest BCUT2D eigenvalue weighted by atomic mass is 10.1. The van der Waals surface area contributed by atoms with Crippen LogP contribution in [0.1, 0.15) is 48.7 Å². The van der Waals surface area contributed by atoms with Crippen LogP contribution in [0.15, 0.2) is 18.2 Å². The molecule has 0 aromatic heterocycles. The maximum Gasteiger partial charge on any atom is 0.407 e. The minimum absolute atomic E-state index is 0.425.